The summed E-state index contributed by atoms with van der Waals surface area (Å²) in [6, 6.07) is 5.08. The van der Waals surface area contributed by atoms with E-state index < -0.39 is 0 Å². The summed E-state index contributed by atoms with van der Waals surface area (Å²) in [5, 5.41) is 6.43. The molecule has 0 unspecified atom stereocenters. The highest BCUT2D eigenvalue weighted by molar-refractivity contribution is 6.39. The van der Waals surface area contributed by atoms with E-state index in [0.29, 0.717) is 15.7 Å². The number of carbonyl (C=O) groups is 1. The molecule has 5 heteroatoms. The van der Waals surface area contributed by atoms with Gasteiger partial charge in [0.1, 0.15) is 0 Å². The average molecular weight is 247 g/mol. The van der Waals surface area contributed by atoms with Crippen molar-refractivity contribution in [1.82, 2.24) is 5.32 Å². The largest absolute Gasteiger partial charge is 0.322 e. The molecule has 0 aliphatic rings. The number of nitrogens with one attached hydrogen (secondary N) is 2. The predicted molar refractivity (Wildman–Crippen MR) is 63.6 cm³/mol. The highest BCUT2D eigenvalue weighted by Gasteiger charge is 2.08. The molecular formula is C10H12Cl2N2O. The van der Waals surface area contributed by atoms with E-state index in [9.17, 15) is 4.79 Å². The van der Waals surface area contributed by atoms with Gasteiger partial charge in [-0.05, 0) is 18.7 Å². The normalized spacial score (nSPS) is 10.1. The molecule has 0 saturated heterocycles. The van der Waals surface area contributed by atoms with Gasteiger partial charge >= 0.3 is 0 Å². The molecule has 1 aromatic carbocycles. The van der Waals surface area contributed by atoms with E-state index in [1.54, 1.807) is 18.2 Å². The Labute approximate surface area is 98.8 Å². The Morgan fingerprint density at radius 3 is 2.47 bits per heavy atom. The van der Waals surface area contributed by atoms with Crippen molar-refractivity contribution >= 4 is 34.8 Å². The summed E-state index contributed by atoms with van der Waals surface area (Å²) >= 11 is 11.8. The summed E-state index contributed by atoms with van der Waals surface area (Å²) in [4.78, 5) is 11.4. The maximum atomic E-state index is 11.4. The van der Waals surface area contributed by atoms with Crippen LogP contribution in [-0.4, -0.2) is 19.0 Å². The highest BCUT2D eigenvalue weighted by atomic mass is 35.5. The molecule has 0 fully saturated rings. The Hall–Kier alpha value is -0.770. The zero-order valence-corrected chi connectivity index (χ0v) is 9.82. The molecule has 0 spiro atoms. The molecule has 82 valence electrons. The number of amides is 1. The number of halogens is 2. The van der Waals surface area contributed by atoms with Crippen molar-refractivity contribution in [2.75, 3.05) is 18.4 Å². The van der Waals surface area contributed by atoms with Crippen LogP contribution in [0.2, 0.25) is 10.0 Å². The molecule has 0 aliphatic heterocycles. The van der Waals surface area contributed by atoms with E-state index >= 15 is 0 Å². The molecule has 0 atom stereocenters. The van der Waals surface area contributed by atoms with Crippen LogP contribution in [0.4, 0.5) is 5.69 Å². The lowest BCUT2D eigenvalue weighted by molar-refractivity contribution is -0.115. The third kappa shape index (κ3) is 3.70. The van der Waals surface area contributed by atoms with Crippen molar-refractivity contribution in [3.63, 3.8) is 0 Å². The summed E-state index contributed by atoms with van der Waals surface area (Å²) in [6.07, 6.45) is 0. The topological polar surface area (TPSA) is 41.1 Å². The summed E-state index contributed by atoms with van der Waals surface area (Å²) in [5.74, 6) is -0.160. The van der Waals surface area contributed by atoms with E-state index in [4.69, 9.17) is 23.2 Å². The third-order valence-electron chi connectivity index (χ3n) is 1.76. The monoisotopic (exact) mass is 246 g/mol. The molecule has 3 nitrogen and oxygen atoms in total. The van der Waals surface area contributed by atoms with Crippen LogP contribution in [0, 0.1) is 0 Å². The summed E-state index contributed by atoms with van der Waals surface area (Å²) in [5.41, 5.74) is 0.462. The predicted octanol–water partition coefficient (Wildman–Crippen LogP) is 2.54. The lowest BCUT2D eigenvalue weighted by atomic mass is 10.3. The van der Waals surface area contributed by atoms with E-state index in [-0.39, 0.29) is 12.5 Å². The van der Waals surface area contributed by atoms with Crippen LogP contribution in [0.25, 0.3) is 0 Å². The van der Waals surface area contributed by atoms with Gasteiger partial charge in [-0.25, -0.2) is 0 Å². The number of hydrogen-bond donors (Lipinski definition) is 2. The Kier molecular flexibility index (Phi) is 4.88. The van der Waals surface area contributed by atoms with Gasteiger partial charge in [-0.15, -0.1) is 0 Å². The van der Waals surface area contributed by atoms with Crippen molar-refractivity contribution < 1.29 is 4.79 Å². The fraction of sp³-hybridized carbons (Fsp3) is 0.300. The van der Waals surface area contributed by atoms with E-state index in [1.807, 2.05) is 6.92 Å². The molecular weight excluding hydrogens is 235 g/mol. The second-order valence-electron chi connectivity index (χ2n) is 2.93. The molecule has 1 aromatic rings. The molecule has 0 heterocycles. The van der Waals surface area contributed by atoms with Crippen LogP contribution in [0.15, 0.2) is 18.2 Å². The first kappa shape index (κ1) is 12.3. The quantitative estimate of drug-likeness (QED) is 0.858. The fourth-order valence-corrected chi connectivity index (χ4v) is 1.53. The first-order valence-electron chi connectivity index (χ1n) is 4.59. The zero-order chi connectivity index (χ0) is 11.3. The Balaban J connectivity index is 2.68. The summed E-state index contributed by atoms with van der Waals surface area (Å²) in [7, 11) is 0. The van der Waals surface area contributed by atoms with Crippen molar-refractivity contribution in [3.05, 3.63) is 28.2 Å². The SMILES string of the molecule is CCNCC(=O)Nc1c(Cl)cccc1Cl. The van der Waals surface area contributed by atoms with Gasteiger partial charge in [0, 0.05) is 0 Å². The Bertz CT molecular complexity index is 335. The number of rotatable bonds is 4. The maximum absolute atomic E-state index is 11.4. The smallest absolute Gasteiger partial charge is 0.238 e. The van der Waals surface area contributed by atoms with Crippen molar-refractivity contribution in [2.45, 2.75) is 6.92 Å². The highest BCUT2D eigenvalue weighted by Crippen LogP contribution is 2.29. The Morgan fingerprint density at radius 1 is 1.33 bits per heavy atom. The Morgan fingerprint density at radius 2 is 1.93 bits per heavy atom. The minimum absolute atomic E-state index is 0.160. The van der Waals surface area contributed by atoms with Gasteiger partial charge in [0.2, 0.25) is 5.91 Å². The molecule has 0 bridgehead atoms. The van der Waals surface area contributed by atoms with Gasteiger partial charge in [0.05, 0.1) is 22.3 Å². The van der Waals surface area contributed by atoms with Gasteiger partial charge < -0.3 is 10.6 Å². The summed E-state index contributed by atoms with van der Waals surface area (Å²) in [6.45, 7) is 2.91. The van der Waals surface area contributed by atoms with Crippen LogP contribution in [0.5, 0.6) is 0 Å². The fourth-order valence-electron chi connectivity index (χ4n) is 1.04. The third-order valence-corrected chi connectivity index (χ3v) is 2.39. The van der Waals surface area contributed by atoms with Gasteiger partial charge in [-0.1, -0.05) is 36.2 Å². The number of hydrogen-bond acceptors (Lipinski definition) is 2. The zero-order valence-electron chi connectivity index (χ0n) is 8.31. The molecule has 0 aromatic heterocycles. The van der Waals surface area contributed by atoms with E-state index in [0.717, 1.165) is 6.54 Å². The number of likely N-dealkylation sites (N-methyl/N-ethyl adjacent to an activating group) is 1. The van der Waals surface area contributed by atoms with Crippen molar-refractivity contribution in [3.8, 4) is 0 Å². The molecule has 2 N–H and O–H groups in total. The first-order valence-corrected chi connectivity index (χ1v) is 5.35. The lowest BCUT2D eigenvalue weighted by Gasteiger charge is -2.08. The lowest BCUT2D eigenvalue weighted by Crippen LogP contribution is -2.27. The van der Waals surface area contributed by atoms with Crippen LogP contribution >= 0.6 is 23.2 Å². The molecule has 1 amide bonds. The number of carbonyl (C=O) groups excluding carboxylic acids is 1. The van der Waals surface area contributed by atoms with Crippen molar-refractivity contribution in [2.24, 2.45) is 0 Å². The van der Waals surface area contributed by atoms with Crippen LogP contribution in [-0.2, 0) is 4.79 Å². The molecule has 1 rings (SSSR count). The van der Waals surface area contributed by atoms with Gasteiger partial charge in [-0.3, -0.25) is 4.79 Å². The van der Waals surface area contributed by atoms with Gasteiger partial charge in [0.25, 0.3) is 0 Å². The van der Waals surface area contributed by atoms with E-state index in [2.05, 4.69) is 10.6 Å². The number of benzene rings is 1. The van der Waals surface area contributed by atoms with Crippen LogP contribution < -0.4 is 10.6 Å². The van der Waals surface area contributed by atoms with Gasteiger partial charge in [0.15, 0.2) is 0 Å². The van der Waals surface area contributed by atoms with Crippen LogP contribution in [0.1, 0.15) is 6.92 Å². The maximum Gasteiger partial charge on any atom is 0.238 e. The number of para-hydroxylation sites is 1. The molecule has 0 radical (unpaired) electrons. The second kappa shape index (κ2) is 5.95. The van der Waals surface area contributed by atoms with E-state index in [1.165, 1.54) is 0 Å². The summed E-state index contributed by atoms with van der Waals surface area (Å²) < 4.78 is 0. The molecule has 0 saturated carbocycles. The first-order chi connectivity index (χ1) is 7.15. The standard InChI is InChI=1S/C10H12Cl2N2O/c1-2-13-6-9(15)14-10-7(11)4-3-5-8(10)12/h3-5,13H,2,6H2,1H3,(H,14,15). The van der Waals surface area contributed by atoms with Crippen molar-refractivity contribution in [1.29, 1.82) is 0 Å². The minimum atomic E-state index is -0.160. The second-order valence-corrected chi connectivity index (χ2v) is 3.74. The average Bonchev–Trinajstić information content (AvgIpc) is 2.21. The van der Waals surface area contributed by atoms with Crippen LogP contribution in [0.3, 0.4) is 0 Å². The minimum Gasteiger partial charge on any atom is -0.322 e. The molecule has 0 aliphatic carbocycles. The number of anilines is 1. The molecule has 15 heavy (non-hydrogen) atoms. The van der Waals surface area contributed by atoms with Gasteiger partial charge in [-0.2, -0.15) is 0 Å².